The number of allylic oxidation sites excluding steroid dienone is 4. The SMILES string of the molecule is CC1CC(c2ccccc2)=CC=C1OCCC[C@]1(C)C[C@@H](C)C[C@H](COC(=O)C(=O)O)C1. The Hall–Kier alpha value is -2.56. The van der Waals surface area contributed by atoms with Gasteiger partial charge >= 0.3 is 11.9 Å². The van der Waals surface area contributed by atoms with Gasteiger partial charge in [-0.3, -0.25) is 0 Å². The second-order valence-corrected chi connectivity index (χ2v) is 10.0. The maximum atomic E-state index is 11.3. The molecule has 0 aliphatic heterocycles. The molecule has 0 saturated heterocycles. The predicted octanol–water partition coefficient (Wildman–Crippen LogP) is 5.86. The number of carbonyl (C=O) groups is 2. The van der Waals surface area contributed by atoms with Crippen molar-refractivity contribution in [3.63, 3.8) is 0 Å². The number of ether oxygens (including phenoxy) is 2. The summed E-state index contributed by atoms with van der Waals surface area (Å²) in [5.74, 6) is -0.496. The molecular weight excluding hydrogens is 404 g/mol. The number of hydrogen-bond acceptors (Lipinski definition) is 4. The number of carboxylic acids is 1. The fourth-order valence-electron chi connectivity index (χ4n) is 5.53. The molecule has 2 aliphatic rings. The van der Waals surface area contributed by atoms with Crippen LogP contribution in [0.25, 0.3) is 5.57 Å². The van der Waals surface area contributed by atoms with Crippen LogP contribution in [0.4, 0.5) is 0 Å². The van der Waals surface area contributed by atoms with Gasteiger partial charge in [0.15, 0.2) is 0 Å². The fourth-order valence-corrected chi connectivity index (χ4v) is 5.53. The molecule has 5 heteroatoms. The van der Waals surface area contributed by atoms with E-state index in [1.165, 1.54) is 11.1 Å². The van der Waals surface area contributed by atoms with Crippen LogP contribution in [0.5, 0.6) is 0 Å². The molecule has 2 aliphatic carbocycles. The topological polar surface area (TPSA) is 72.8 Å². The number of carboxylic acid groups (broad SMARTS) is 1. The monoisotopic (exact) mass is 440 g/mol. The van der Waals surface area contributed by atoms with Crippen molar-refractivity contribution in [3.05, 3.63) is 53.8 Å². The molecule has 0 heterocycles. The number of benzene rings is 1. The Morgan fingerprint density at radius 2 is 1.88 bits per heavy atom. The fraction of sp³-hybridized carbons (Fsp3) is 0.556. The van der Waals surface area contributed by atoms with Crippen LogP contribution in [-0.4, -0.2) is 30.3 Å². The molecule has 1 fully saturated rings. The van der Waals surface area contributed by atoms with Crippen molar-refractivity contribution in [1.82, 2.24) is 0 Å². The first-order valence-corrected chi connectivity index (χ1v) is 11.7. The second kappa shape index (κ2) is 10.8. The van der Waals surface area contributed by atoms with E-state index in [9.17, 15) is 9.59 Å². The van der Waals surface area contributed by atoms with Gasteiger partial charge in [0.05, 0.1) is 19.0 Å². The van der Waals surface area contributed by atoms with E-state index < -0.39 is 11.9 Å². The van der Waals surface area contributed by atoms with Crippen LogP contribution in [0.2, 0.25) is 0 Å². The summed E-state index contributed by atoms with van der Waals surface area (Å²) in [6.07, 6.45) is 10.4. The van der Waals surface area contributed by atoms with E-state index in [0.717, 1.165) is 44.3 Å². The molecular formula is C27H36O5. The lowest BCUT2D eigenvalue weighted by atomic mass is 9.65. The van der Waals surface area contributed by atoms with Gasteiger partial charge < -0.3 is 14.6 Å². The first-order valence-electron chi connectivity index (χ1n) is 11.7. The Morgan fingerprint density at radius 3 is 2.56 bits per heavy atom. The second-order valence-electron chi connectivity index (χ2n) is 10.0. The van der Waals surface area contributed by atoms with Crippen molar-refractivity contribution in [1.29, 1.82) is 0 Å². The Balaban J connectivity index is 1.47. The number of esters is 1. The molecule has 32 heavy (non-hydrogen) atoms. The van der Waals surface area contributed by atoms with Crippen molar-refractivity contribution in [2.75, 3.05) is 13.2 Å². The Bertz CT molecular complexity index is 856. The van der Waals surface area contributed by atoms with Gasteiger partial charge in [0, 0.05) is 5.92 Å². The molecule has 0 amide bonds. The molecule has 1 N–H and O–H groups in total. The molecule has 1 unspecified atom stereocenters. The zero-order valence-corrected chi connectivity index (χ0v) is 19.5. The smallest absolute Gasteiger partial charge is 0.417 e. The van der Waals surface area contributed by atoms with Gasteiger partial charge in [0.25, 0.3) is 0 Å². The number of hydrogen-bond donors (Lipinski definition) is 1. The van der Waals surface area contributed by atoms with Crippen LogP contribution in [0.3, 0.4) is 0 Å². The summed E-state index contributed by atoms with van der Waals surface area (Å²) < 4.78 is 11.1. The zero-order chi connectivity index (χ0) is 23.1. The molecule has 3 rings (SSSR count). The average molecular weight is 441 g/mol. The third-order valence-corrected chi connectivity index (χ3v) is 6.78. The highest BCUT2D eigenvalue weighted by molar-refractivity contribution is 6.28. The molecule has 1 saturated carbocycles. The highest BCUT2D eigenvalue weighted by atomic mass is 16.6. The van der Waals surface area contributed by atoms with E-state index >= 15 is 0 Å². The highest BCUT2D eigenvalue weighted by Gasteiger charge is 2.36. The number of carbonyl (C=O) groups excluding carboxylic acids is 1. The van der Waals surface area contributed by atoms with Gasteiger partial charge in [-0.15, -0.1) is 0 Å². The summed E-state index contributed by atoms with van der Waals surface area (Å²) in [5.41, 5.74) is 2.79. The summed E-state index contributed by atoms with van der Waals surface area (Å²) in [4.78, 5) is 22.0. The molecule has 1 aromatic carbocycles. The maximum absolute atomic E-state index is 11.3. The predicted molar refractivity (Wildman–Crippen MR) is 125 cm³/mol. The molecule has 0 bridgehead atoms. The normalized spacial score (nSPS) is 27.8. The summed E-state index contributed by atoms with van der Waals surface area (Å²) in [6, 6.07) is 10.5. The van der Waals surface area contributed by atoms with Gasteiger partial charge in [0.1, 0.15) is 0 Å². The van der Waals surface area contributed by atoms with Crippen molar-refractivity contribution in [2.45, 2.75) is 59.3 Å². The van der Waals surface area contributed by atoms with Gasteiger partial charge in [-0.05, 0) is 73.0 Å². The average Bonchev–Trinajstić information content (AvgIpc) is 2.75. The molecule has 4 atom stereocenters. The van der Waals surface area contributed by atoms with Gasteiger partial charge in [-0.2, -0.15) is 0 Å². The minimum Gasteiger partial charge on any atom is -0.498 e. The highest BCUT2D eigenvalue weighted by Crippen LogP contribution is 2.45. The van der Waals surface area contributed by atoms with Crippen LogP contribution >= 0.6 is 0 Å². The van der Waals surface area contributed by atoms with Crippen molar-refractivity contribution >= 4 is 17.5 Å². The minimum absolute atomic E-state index is 0.161. The van der Waals surface area contributed by atoms with Gasteiger partial charge in [-0.25, -0.2) is 9.59 Å². The number of rotatable bonds is 8. The van der Waals surface area contributed by atoms with Crippen LogP contribution < -0.4 is 0 Å². The first kappa shape index (κ1) is 24.1. The van der Waals surface area contributed by atoms with Crippen molar-refractivity contribution in [2.24, 2.45) is 23.2 Å². The van der Waals surface area contributed by atoms with Crippen LogP contribution in [-0.2, 0) is 19.1 Å². The molecule has 0 radical (unpaired) electrons. The lowest BCUT2D eigenvalue weighted by Crippen LogP contribution is -2.33. The van der Waals surface area contributed by atoms with Crippen molar-refractivity contribution in [3.8, 4) is 0 Å². The third kappa shape index (κ3) is 6.72. The summed E-state index contributed by atoms with van der Waals surface area (Å²) in [6.45, 7) is 7.64. The van der Waals surface area contributed by atoms with E-state index in [1.54, 1.807) is 0 Å². The minimum atomic E-state index is -1.52. The van der Waals surface area contributed by atoms with Crippen LogP contribution in [0.1, 0.15) is 64.9 Å². The lowest BCUT2D eigenvalue weighted by molar-refractivity contribution is -0.165. The Morgan fingerprint density at radius 1 is 1.12 bits per heavy atom. The molecule has 0 aromatic heterocycles. The van der Waals surface area contributed by atoms with E-state index in [-0.39, 0.29) is 17.9 Å². The van der Waals surface area contributed by atoms with Gasteiger partial charge in [-0.1, -0.05) is 57.2 Å². The van der Waals surface area contributed by atoms with E-state index in [0.29, 0.717) is 18.4 Å². The standard InChI is InChI=1S/C27H36O5/c1-19-14-21(18-32-26(30)25(28)29)17-27(3,16-19)12-7-13-31-24-11-10-23(15-20(24)2)22-8-5-4-6-9-22/h4-6,8-11,19-21H,7,12-18H2,1-3H3,(H,28,29)/t19-,20?,21-,27+/m0/s1. The Kier molecular flexibility index (Phi) is 8.16. The first-order chi connectivity index (χ1) is 15.3. The summed E-state index contributed by atoms with van der Waals surface area (Å²) >= 11 is 0. The van der Waals surface area contributed by atoms with Crippen LogP contribution in [0, 0.1) is 23.2 Å². The quantitative estimate of drug-likeness (QED) is 0.311. The molecule has 5 nitrogen and oxygen atoms in total. The van der Waals surface area contributed by atoms with Crippen LogP contribution in [0.15, 0.2) is 48.2 Å². The Labute approximate surface area is 191 Å². The zero-order valence-electron chi connectivity index (χ0n) is 19.5. The largest absolute Gasteiger partial charge is 0.498 e. The molecule has 0 spiro atoms. The van der Waals surface area contributed by atoms with Gasteiger partial charge in [0.2, 0.25) is 0 Å². The van der Waals surface area contributed by atoms with E-state index in [1.807, 2.05) is 6.07 Å². The molecule has 174 valence electrons. The maximum Gasteiger partial charge on any atom is 0.417 e. The number of aliphatic carboxylic acids is 1. The van der Waals surface area contributed by atoms with Crippen molar-refractivity contribution < 1.29 is 24.2 Å². The summed E-state index contributed by atoms with van der Waals surface area (Å²) in [5, 5.41) is 8.71. The summed E-state index contributed by atoms with van der Waals surface area (Å²) in [7, 11) is 0. The third-order valence-electron chi connectivity index (χ3n) is 6.78. The lowest BCUT2D eigenvalue weighted by Gasteiger charge is -2.41. The van der Waals surface area contributed by atoms with E-state index in [2.05, 4.69) is 57.2 Å². The van der Waals surface area contributed by atoms with E-state index in [4.69, 9.17) is 14.6 Å². The molecule has 1 aromatic rings.